The first-order chi connectivity index (χ1) is 16.0. The zero-order valence-corrected chi connectivity index (χ0v) is 19.4. The first-order valence-corrected chi connectivity index (χ1v) is 11.3. The number of anilines is 1. The fraction of sp³-hybridized carbons (Fsp3) is 0.217. The number of carbonyl (C=O) groups is 1. The summed E-state index contributed by atoms with van der Waals surface area (Å²) in [5, 5.41) is 11.6. The summed E-state index contributed by atoms with van der Waals surface area (Å²) in [6, 6.07) is 16.9. The van der Waals surface area contributed by atoms with Gasteiger partial charge in [-0.1, -0.05) is 36.0 Å². The summed E-state index contributed by atoms with van der Waals surface area (Å²) in [5.41, 5.74) is 2.31. The maximum Gasteiger partial charge on any atom is 0.295 e. The molecule has 0 aliphatic heterocycles. The lowest BCUT2D eigenvalue weighted by Gasteiger charge is -2.08. The Labute approximate surface area is 195 Å². The topological polar surface area (TPSA) is 96.0 Å². The molecule has 0 saturated carbocycles. The predicted molar refractivity (Wildman–Crippen MR) is 128 cm³/mol. The molecule has 0 radical (unpaired) electrons. The molecule has 1 amide bonds. The van der Waals surface area contributed by atoms with Gasteiger partial charge in [-0.3, -0.25) is 18.8 Å². The number of aromatic nitrogens is 5. The number of hydrogen-bond acceptors (Lipinski definition) is 6. The molecule has 0 aliphatic carbocycles. The number of nitrogens with one attached hydrogen (secondary N) is 1. The first-order valence-electron chi connectivity index (χ1n) is 10.3. The van der Waals surface area contributed by atoms with Gasteiger partial charge in [0.25, 0.3) is 5.56 Å². The summed E-state index contributed by atoms with van der Waals surface area (Å²) in [5.74, 6) is 0.977. The van der Waals surface area contributed by atoms with E-state index in [9.17, 15) is 9.59 Å². The Hall–Kier alpha value is -3.79. The maximum absolute atomic E-state index is 13.0. The van der Waals surface area contributed by atoms with Crippen molar-refractivity contribution in [1.29, 1.82) is 0 Å². The van der Waals surface area contributed by atoms with Gasteiger partial charge in [-0.05, 0) is 31.2 Å². The lowest BCUT2D eigenvalue weighted by Crippen LogP contribution is -2.23. The number of nitrogens with zero attached hydrogens (tertiary/aromatic N) is 5. The Kier molecular flexibility index (Phi) is 6.64. The molecule has 170 valence electrons. The van der Waals surface area contributed by atoms with Gasteiger partial charge >= 0.3 is 0 Å². The van der Waals surface area contributed by atoms with E-state index in [1.807, 2.05) is 66.1 Å². The van der Waals surface area contributed by atoms with Crippen molar-refractivity contribution in [2.75, 3.05) is 18.2 Å². The number of para-hydroxylation sites is 1. The monoisotopic (exact) mass is 464 g/mol. The second-order valence-electron chi connectivity index (χ2n) is 7.27. The third-order valence-electron chi connectivity index (χ3n) is 5.23. The number of amides is 1. The summed E-state index contributed by atoms with van der Waals surface area (Å²) in [4.78, 5) is 25.6. The molecule has 2 heterocycles. The van der Waals surface area contributed by atoms with Crippen LogP contribution in [-0.2, 0) is 11.8 Å². The van der Waals surface area contributed by atoms with Crippen LogP contribution in [0, 0.1) is 6.92 Å². The molecular formula is C23H24N6O3S. The van der Waals surface area contributed by atoms with Crippen molar-refractivity contribution in [3.8, 4) is 17.1 Å². The fourth-order valence-electron chi connectivity index (χ4n) is 3.41. The van der Waals surface area contributed by atoms with Crippen LogP contribution in [0.4, 0.5) is 5.69 Å². The van der Waals surface area contributed by atoms with Crippen LogP contribution in [0.25, 0.3) is 11.4 Å². The van der Waals surface area contributed by atoms with Crippen molar-refractivity contribution in [2.45, 2.75) is 18.5 Å². The smallest absolute Gasteiger partial charge is 0.295 e. The summed E-state index contributed by atoms with van der Waals surface area (Å²) in [6.45, 7) is 1.81. The quantitative estimate of drug-likeness (QED) is 0.403. The van der Waals surface area contributed by atoms with Gasteiger partial charge in [-0.2, -0.15) is 0 Å². The SMILES string of the molecule is COc1cccc(-n2cnnc2SCCC(=O)Nc2c(C)n(C)n(-c3ccccc3)c2=O)c1. The molecule has 0 atom stereocenters. The lowest BCUT2D eigenvalue weighted by atomic mass is 10.3. The van der Waals surface area contributed by atoms with Crippen LogP contribution in [0.5, 0.6) is 5.75 Å². The van der Waals surface area contributed by atoms with Gasteiger partial charge in [0.05, 0.1) is 24.2 Å². The molecule has 4 aromatic rings. The van der Waals surface area contributed by atoms with Crippen molar-refractivity contribution in [1.82, 2.24) is 24.1 Å². The maximum atomic E-state index is 13.0. The summed E-state index contributed by atoms with van der Waals surface area (Å²) in [6.07, 6.45) is 1.84. The second-order valence-corrected chi connectivity index (χ2v) is 8.33. The van der Waals surface area contributed by atoms with Crippen LogP contribution in [0.1, 0.15) is 12.1 Å². The molecule has 9 nitrogen and oxygen atoms in total. The summed E-state index contributed by atoms with van der Waals surface area (Å²) in [7, 11) is 3.41. The van der Waals surface area contributed by atoms with Gasteiger partial charge in [0.1, 0.15) is 17.8 Å². The Morgan fingerprint density at radius 3 is 2.64 bits per heavy atom. The van der Waals surface area contributed by atoms with Crippen molar-refractivity contribution in [2.24, 2.45) is 7.05 Å². The van der Waals surface area contributed by atoms with Crippen molar-refractivity contribution in [3.63, 3.8) is 0 Å². The largest absolute Gasteiger partial charge is 0.497 e. The predicted octanol–water partition coefficient (Wildman–Crippen LogP) is 3.19. The normalized spacial score (nSPS) is 10.9. The number of rotatable bonds is 8. The Morgan fingerprint density at radius 1 is 1.12 bits per heavy atom. The third-order valence-corrected chi connectivity index (χ3v) is 6.17. The van der Waals surface area contributed by atoms with Gasteiger partial charge in [0.2, 0.25) is 5.91 Å². The number of thioether (sulfide) groups is 1. The van der Waals surface area contributed by atoms with E-state index in [1.165, 1.54) is 16.4 Å². The molecule has 2 aromatic heterocycles. The Balaban J connectivity index is 1.42. The number of benzene rings is 2. The van der Waals surface area contributed by atoms with E-state index in [2.05, 4.69) is 15.5 Å². The molecule has 0 bridgehead atoms. The van der Waals surface area contributed by atoms with Crippen molar-refractivity contribution >= 4 is 23.4 Å². The van der Waals surface area contributed by atoms with Crippen LogP contribution >= 0.6 is 11.8 Å². The number of carbonyl (C=O) groups excluding carboxylic acids is 1. The average molecular weight is 465 g/mol. The molecule has 0 fully saturated rings. The lowest BCUT2D eigenvalue weighted by molar-refractivity contribution is -0.115. The molecule has 0 saturated heterocycles. The summed E-state index contributed by atoms with van der Waals surface area (Å²) < 4.78 is 10.4. The van der Waals surface area contributed by atoms with Crippen molar-refractivity contribution < 1.29 is 9.53 Å². The third kappa shape index (κ3) is 4.70. The zero-order chi connectivity index (χ0) is 23.4. The van der Waals surface area contributed by atoms with Crippen LogP contribution in [0.3, 0.4) is 0 Å². The van der Waals surface area contributed by atoms with Gasteiger partial charge in [0, 0.05) is 25.3 Å². The molecule has 0 unspecified atom stereocenters. The fourth-order valence-corrected chi connectivity index (χ4v) is 4.28. The second kappa shape index (κ2) is 9.78. The minimum absolute atomic E-state index is 0.217. The van der Waals surface area contributed by atoms with Gasteiger partial charge < -0.3 is 10.1 Å². The Morgan fingerprint density at radius 2 is 1.88 bits per heavy atom. The average Bonchev–Trinajstić information content (AvgIpc) is 3.38. The van der Waals surface area contributed by atoms with E-state index < -0.39 is 0 Å². The van der Waals surface area contributed by atoms with E-state index in [1.54, 1.807) is 25.2 Å². The van der Waals surface area contributed by atoms with E-state index in [4.69, 9.17) is 4.74 Å². The van der Waals surface area contributed by atoms with E-state index in [0.29, 0.717) is 16.6 Å². The van der Waals surface area contributed by atoms with E-state index >= 15 is 0 Å². The van der Waals surface area contributed by atoms with Gasteiger partial charge in [0.15, 0.2) is 5.16 Å². The minimum atomic E-state index is -0.264. The van der Waals surface area contributed by atoms with Gasteiger partial charge in [-0.25, -0.2) is 4.68 Å². The number of ether oxygens (including phenoxy) is 1. The van der Waals surface area contributed by atoms with Crippen molar-refractivity contribution in [3.05, 3.63) is 77.0 Å². The molecule has 1 N–H and O–H groups in total. The van der Waals surface area contributed by atoms with Crippen LogP contribution in [0.2, 0.25) is 0 Å². The number of hydrogen-bond donors (Lipinski definition) is 1. The molecule has 4 rings (SSSR count). The van der Waals surface area contributed by atoms with E-state index in [0.717, 1.165) is 17.1 Å². The highest BCUT2D eigenvalue weighted by molar-refractivity contribution is 7.99. The first kappa shape index (κ1) is 22.4. The molecule has 0 aliphatic rings. The summed E-state index contributed by atoms with van der Waals surface area (Å²) >= 11 is 1.41. The molecule has 0 spiro atoms. The van der Waals surface area contributed by atoms with Crippen LogP contribution in [0.15, 0.2) is 70.9 Å². The number of methoxy groups -OCH3 is 1. The molecule has 10 heteroatoms. The standard InChI is InChI=1S/C23H24N6O3S/c1-16-21(22(31)29(27(16)2)17-8-5-4-6-9-17)25-20(30)12-13-33-23-26-24-15-28(23)18-10-7-11-19(14-18)32-3/h4-11,14-15H,12-13H2,1-3H3,(H,25,30). The molecule has 2 aromatic carbocycles. The highest BCUT2D eigenvalue weighted by atomic mass is 32.2. The zero-order valence-electron chi connectivity index (χ0n) is 18.6. The minimum Gasteiger partial charge on any atom is -0.497 e. The van der Waals surface area contributed by atoms with Crippen LogP contribution < -0.4 is 15.6 Å². The molecular weight excluding hydrogens is 440 g/mol. The molecule has 33 heavy (non-hydrogen) atoms. The Bertz CT molecular complexity index is 1330. The van der Waals surface area contributed by atoms with Crippen LogP contribution in [-0.4, -0.2) is 42.9 Å². The highest BCUT2D eigenvalue weighted by Crippen LogP contribution is 2.23. The van der Waals surface area contributed by atoms with Gasteiger partial charge in [-0.15, -0.1) is 10.2 Å². The van der Waals surface area contributed by atoms with E-state index in [-0.39, 0.29) is 23.6 Å². The highest BCUT2D eigenvalue weighted by Gasteiger charge is 2.18.